The zero-order valence-electron chi connectivity index (χ0n) is 7.89. The van der Waals surface area contributed by atoms with Gasteiger partial charge in [0.1, 0.15) is 17.0 Å². The van der Waals surface area contributed by atoms with Gasteiger partial charge in [-0.15, -0.1) is 0 Å². The van der Waals surface area contributed by atoms with E-state index in [4.69, 9.17) is 28.5 Å². The first-order chi connectivity index (χ1) is 7.63. The number of benzene rings is 1. The quantitative estimate of drug-likeness (QED) is 0.821. The van der Waals surface area contributed by atoms with Crippen LogP contribution in [-0.4, -0.2) is 4.98 Å². The van der Waals surface area contributed by atoms with Gasteiger partial charge in [0.15, 0.2) is 0 Å². The average molecular weight is 255 g/mol. The fourth-order valence-corrected chi connectivity index (χ4v) is 1.76. The Bertz CT molecular complexity index is 567. The van der Waals surface area contributed by atoms with Crippen molar-refractivity contribution >= 4 is 23.2 Å². The van der Waals surface area contributed by atoms with Crippen molar-refractivity contribution in [3.8, 4) is 17.3 Å². The van der Waals surface area contributed by atoms with Crippen LogP contribution < -0.4 is 0 Å². The van der Waals surface area contributed by atoms with E-state index in [2.05, 4.69) is 4.98 Å². The number of nitrogens with zero attached hydrogens (tertiary/aromatic N) is 1. The van der Waals surface area contributed by atoms with Crippen LogP contribution in [-0.2, 0) is 0 Å². The second kappa shape index (κ2) is 4.17. The van der Waals surface area contributed by atoms with E-state index in [1.807, 2.05) is 6.07 Å². The van der Waals surface area contributed by atoms with Gasteiger partial charge in [-0.05, 0) is 29.8 Å². The monoisotopic (exact) mass is 254 g/mol. The molecule has 0 aliphatic heterocycles. The van der Waals surface area contributed by atoms with Gasteiger partial charge in [0.25, 0.3) is 0 Å². The molecule has 0 radical (unpaired) electrons. The molecule has 0 saturated carbocycles. The SMILES string of the molecule is N#Cc1c(-c2ccc(F)cc2)[nH]c(Cl)c1Cl. The highest BCUT2D eigenvalue weighted by Crippen LogP contribution is 2.33. The van der Waals surface area contributed by atoms with Crippen LogP contribution in [0.3, 0.4) is 0 Å². The lowest BCUT2D eigenvalue weighted by Gasteiger charge is -1.98. The third kappa shape index (κ3) is 1.78. The van der Waals surface area contributed by atoms with Gasteiger partial charge in [-0.25, -0.2) is 4.39 Å². The third-order valence-electron chi connectivity index (χ3n) is 2.14. The van der Waals surface area contributed by atoms with Crippen molar-refractivity contribution in [2.75, 3.05) is 0 Å². The Kier molecular flexibility index (Phi) is 2.86. The molecule has 0 saturated heterocycles. The fraction of sp³-hybridized carbons (Fsp3) is 0. The van der Waals surface area contributed by atoms with Crippen molar-refractivity contribution < 1.29 is 4.39 Å². The van der Waals surface area contributed by atoms with Gasteiger partial charge in [0, 0.05) is 0 Å². The van der Waals surface area contributed by atoms with Gasteiger partial charge in [-0.3, -0.25) is 0 Å². The minimum absolute atomic E-state index is 0.184. The van der Waals surface area contributed by atoms with Gasteiger partial charge in [-0.1, -0.05) is 23.2 Å². The molecule has 0 spiro atoms. The van der Waals surface area contributed by atoms with Crippen LogP contribution in [0, 0.1) is 17.1 Å². The molecular formula is C11H5Cl2FN2. The minimum atomic E-state index is -0.342. The highest BCUT2D eigenvalue weighted by molar-refractivity contribution is 6.42. The highest BCUT2D eigenvalue weighted by Gasteiger charge is 2.15. The molecule has 0 aliphatic rings. The summed E-state index contributed by atoms with van der Waals surface area (Å²) in [6, 6.07) is 7.67. The van der Waals surface area contributed by atoms with E-state index >= 15 is 0 Å². The molecule has 5 heteroatoms. The number of hydrogen-bond donors (Lipinski definition) is 1. The number of nitrogens with one attached hydrogen (secondary N) is 1. The molecule has 80 valence electrons. The number of hydrogen-bond acceptors (Lipinski definition) is 1. The molecule has 1 aromatic heterocycles. The van der Waals surface area contributed by atoms with Crippen molar-refractivity contribution in [3.63, 3.8) is 0 Å². The van der Waals surface area contributed by atoms with E-state index in [-0.39, 0.29) is 21.6 Å². The molecule has 16 heavy (non-hydrogen) atoms. The lowest BCUT2D eigenvalue weighted by atomic mass is 10.1. The Hall–Kier alpha value is -1.50. The number of H-pyrrole nitrogens is 1. The molecule has 2 aromatic rings. The second-order valence-electron chi connectivity index (χ2n) is 3.12. The van der Waals surface area contributed by atoms with Gasteiger partial charge in [0.2, 0.25) is 0 Å². The van der Waals surface area contributed by atoms with Crippen LogP contribution in [0.2, 0.25) is 10.2 Å². The first-order valence-corrected chi connectivity index (χ1v) is 5.12. The summed E-state index contributed by atoms with van der Waals surface area (Å²) in [4.78, 5) is 2.79. The molecule has 2 rings (SSSR count). The number of aromatic nitrogens is 1. The first-order valence-electron chi connectivity index (χ1n) is 4.36. The molecule has 0 amide bonds. The second-order valence-corrected chi connectivity index (χ2v) is 3.88. The van der Waals surface area contributed by atoms with Gasteiger partial charge in [0.05, 0.1) is 16.3 Å². The first kappa shape index (κ1) is 11.0. The Labute approximate surface area is 101 Å². The number of halogens is 3. The van der Waals surface area contributed by atoms with Crippen LogP contribution in [0.4, 0.5) is 4.39 Å². The van der Waals surface area contributed by atoms with Crippen LogP contribution in [0.5, 0.6) is 0 Å². The molecule has 1 N–H and O–H groups in total. The largest absolute Gasteiger partial charge is 0.343 e. The van der Waals surface area contributed by atoms with Crippen molar-refractivity contribution in [2.24, 2.45) is 0 Å². The predicted molar refractivity (Wildman–Crippen MR) is 60.9 cm³/mol. The number of nitriles is 1. The fourth-order valence-electron chi connectivity index (χ4n) is 1.38. The maximum Gasteiger partial charge on any atom is 0.127 e. The van der Waals surface area contributed by atoms with Crippen molar-refractivity contribution in [2.45, 2.75) is 0 Å². The van der Waals surface area contributed by atoms with Gasteiger partial charge < -0.3 is 4.98 Å². The summed E-state index contributed by atoms with van der Waals surface area (Å²) < 4.78 is 12.7. The summed E-state index contributed by atoms with van der Waals surface area (Å²) in [5.74, 6) is -0.342. The minimum Gasteiger partial charge on any atom is -0.343 e. The van der Waals surface area contributed by atoms with E-state index in [0.29, 0.717) is 11.3 Å². The normalized spacial score (nSPS) is 10.1. The number of aromatic amines is 1. The van der Waals surface area contributed by atoms with Gasteiger partial charge in [-0.2, -0.15) is 5.26 Å². The maximum atomic E-state index is 12.7. The topological polar surface area (TPSA) is 39.6 Å². The predicted octanol–water partition coefficient (Wildman–Crippen LogP) is 4.00. The van der Waals surface area contributed by atoms with Crippen molar-refractivity contribution in [3.05, 3.63) is 45.8 Å². The molecule has 0 fully saturated rings. The summed E-state index contributed by atoms with van der Waals surface area (Å²) in [6.45, 7) is 0. The summed E-state index contributed by atoms with van der Waals surface area (Å²) in [5, 5.41) is 9.33. The smallest absolute Gasteiger partial charge is 0.127 e. The Morgan fingerprint density at radius 1 is 1.19 bits per heavy atom. The van der Waals surface area contributed by atoms with Crippen molar-refractivity contribution in [1.82, 2.24) is 4.98 Å². The molecule has 1 aromatic carbocycles. The van der Waals surface area contributed by atoms with E-state index in [1.54, 1.807) is 12.1 Å². The van der Waals surface area contributed by atoms with Crippen LogP contribution in [0.15, 0.2) is 24.3 Å². The van der Waals surface area contributed by atoms with Crippen LogP contribution in [0.1, 0.15) is 5.56 Å². The highest BCUT2D eigenvalue weighted by atomic mass is 35.5. The molecular weight excluding hydrogens is 250 g/mol. The number of rotatable bonds is 1. The zero-order valence-corrected chi connectivity index (χ0v) is 9.40. The Balaban J connectivity index is 2.61. The molecule has 2 nitrogen and oxygen atoms in total. The van der Waals surface area contributed by atoms with E-state index in [1.165, 1.54) is 12.1 Å². The molecule has 1 heterocycles. The Morgan fingerprint density at radius 2 is 1.81 bits per heavy atom. The zero-order chi connectivity index (χ0) is 11.7. The Morgan fingerprint density at radius 3 is 2.38 bits per heavy atom. The summed E-state index contributed by atoms with van der Waals surface area (Å²) in [7, 11) is 0. The third-order valence-corrected chi connectivity index (χ3v) is 2.90. The summed E-state index contributed by atoms with van der Waals surface area (Å²) in [5.41, 5.74) is 1.42. The molecule has 0 unspecified atom stereocenters. The molecule has 0 aliphatic carbocycles. The van der Waals surface area contributed by atoms with Gasteiger partial charge >= 0.3 is 0 Å². The average Bonchev–Trinajstić information content (AvgIpc) is 2.56. The van der Waals surface area contributed by atoms with Crippen LogP contribution in [0.25, 0.3) is 11.3 Å². The lowest BCUT2D eigenvalue weighted by molar-refractivity contribution is 0.628. The summed E-state index contributed by atoms with van der Waals surface area (Å²) >= 11 is 11.6. The molecule has 0 atom stereocenters. The lowest BCUT2D eigenvalue weighted by Crippen LogP contribution is -1.82. The summed E-state index contributed by atoms with van der Waals surface area (Å²) in [6.07, 6.45) is 0. The molecule has 0 bridgehead atoms. The standard InChI is InChI=1S/C11H5Cl2FN2/c12-9-8(5-15)10(16-11(9)13)6-1-3-7(14)4-2-6/h1-4,16H. The van der Waals surface area contributed by atoms with Crippen LogP contribution >= 0.6 is 23.2 Å². The van der Waals surface area contributed by atoms with E-state index in [0.717, 1.165) is 0 Å². The van der Waals surface area contributed by atoms with Crippen molar-refractivity contribution in [1.29, 1.82) is 5.26 Å². The van der Waals surface area contributed by atoms with E-state index < -0.39 is 0 Å². The maximum absolute atomic E-state index is 12.7. The van der Waals surface area contributed by atoms with E-state index in [9.17, 15) is 4.39 Å².